The van der Waals surface area contributed by atoms with Gasteiger partial charge in [0.2, 0.25) is 11.6 Å². The SMILES string of the molecule is CCc1c(N)ncnc1Oc1ccc(C)cc1[N+](=O)[O-]. The van der Waals surface area contributed by atoms with Crippen molar-refractivity contribution in [3.8, 4) is 11.6 Å². The third kappa shape index (κ3) is 2.66. The summed E-state index contributed by atoms with van der Waals surface area (Å²) in [5.74, 6) is 0.688. The molecule has 0 fully saturated rings. The van der Waals surface area contributed by atoms with Gasteiger partial charge < -0.3 is 10.5 Å². The van der Waals surface area contributed by atoms with Crippen LogP contribution in [0.2, 0.25) is 0 Å². The summed E-state index contributed by atoms with van der Waals surface area (Å²) in [6.45, 7) is 3.66. The van der Waals surface area contributed by atoms with Crippen LogP contribution in [-0.4, -0.2) is 14.9 Å². The van der Waals surface area contributed by atoms with Crippen molar-refractivity contribution in [3.05, 3.63) is 45.8 Å². The summed E-state index contributed by atoms with van der Waals surface area (Å²) >= 11 is 0. The molecule has 0 aliphatic carbocycles. The van der Waals surface area contributed by atoms with E-state index in [-0.39, 0.29) is 17.3 Å². The van der Waals surface area contributed by atoms with E-state index in [9.17, 15) is 10.1 Å². The van der Waals surface area contributed by atoms with E-state index >= 15 is 0 Å². The van der Waals surface area contributed by atoms with Crippen LogP contribution in [0.4, 0.5) is 11.5 Å². The zero-order valence-electron chi connectivity index (χ0n) is 11.2. The summed E-state index contributed by atoms with van der Waals surface area (Å²) in [5, 5.41) is 11.1. The van der Waals surface area contributed by atoms with E-state index in [1.165, 1.54) is 12.4 Å². The fourth-order valence-corrected chi connectivity index (χ4v) is 1.79. The Balaban J connectivity index is 2.45. The molecule has 0 bridgehead atoms. The molecule has 104 valence electrons. The van der Waals surface area contributed by atoms with Gasteiger partial charge in [-0.25, -0.2) is 9.97 Å². The predicted octanol–water partition coefficient (Wildman–Crippen LogP) is 2.63. The van der Waals surface area contributed by atoms with Gasteiger partial charge in [-0.3, -0.25) is 10.1 Å². The van der Waals surface area contributed by atoms with Crippen molar-refractivity contribution in [2.24, 2.45) is 0 Å². The molecule has 0 amide bonds. The molecule has 7 heteroatoms. The fraction of sp³-hybridized carbons (Fsp3) is 0.231. The number of nitro benzene ring substituents is 1. The second-order valence-electron chi connectivity index (χ2n) is 4.23. The molecule has 2 N–H and O–H groups in total. The number of hydrogen-bond donors (Lipinski definition) is 1. The Morgan fingerprint density at radius 3 is 2.80 bits per heavy atom. The van der Waals surface area contributed by atoms with Crippen molar-refractivity contribution < 1.29 is 9.66 Å². The van der Waals surface area contributed by atoms with Gasteiger partial charge in [0.05, 0.1) is 10.5 Å². The lowest BCUT2D eigenvalue weighted by Crippen LogP contribution is -2.03. The molecular weight excluding hydrogens is 260 g/mol. The average Bonchev–Trinajstić information content (AvgIpc) is 2.41. The zero-order valence-corrected chi connectivity index (χ0v) is 11.2. The van der Waals surface area contributed by atoms with E-state index in [1.54, 1.807) is 19.1 Å². The molecule has 0 radical (unpaired) electrons. The van der Waals surface area contributed by atoms with Crippen molar-refractivity contribution in [2.75, 3.05) is 5.73 Å². The first kappa shape index (κ1) is 13.7. The summed E-state index contributed by atoms with van der Waals surface area (Å²) in [6.07, 6.45) is 1.84. The van der Waals surface area contributed by atoms with E-state index in [0.717, 1.165) is 5.56 Å². The highest BCUT2D eigenvalue weighted by molar-refractivity contribution is 5.52. The van der Waals surface area contributed by atoms with Gasteiger partial charge in [0.1, 0.15) is 12.1 Å². The highest BCUT2D eigenvalue weighted by Gasteiger charge is 2.18. The maximum absolute atomic E-state index is 11.1. The van der Waals surface area contributed by atoms with E-state index in [1.807, 2.05) is 6.92 Å². The summed E-state index contributed by atoms with van der Waals surface area (Å²) in [6, 6.07) is 4.73. The second-order valence-corrected chi connectivity index (χ2v) is 4.23. The van der Waals surface area contributed by atoms with E-state index < -0.39 is 4.92 Å². The van der Waals surface area contributed by atoms with Crippen molar-refractivity contribution in [2.45, 2.75) is 20.3 Å². The summed E-state index contributed by atoms with van der Waals surface area (Å²) in [7, 11) is 0. The van der Waals surface area contributed by atoms with Gasteiger partial charge in [0, 0.05) is 6.07 Å². The number of nitrogens with zero attached hydrogens (tertiary/aromatic N) is 3. The van der Waals surface area contributed by atoms with Gasteiger partial charge >= 0.3 is 5.69 Å². The minimum absolute atomic E-state index is 0.107. The highest BCUT2D eigenvalue weighted by Crippen LogP contribution is 2.33. The molecule has 2 aromatic rings. The largest absolute Gasteiger partial charge is 0.431 e. The van der Waals surface area contributed by atoms with Crippen LogP contribution in [0.1, 0.15) is 18.1 Å². The Kier molecular flexibility index (Phi) is 3.79. The molecule has 1 aromatic carbocycles. The molecule has 0 saturated carbocycles. The van der Waals surface area contributed by atoms with Crippen molar-refractivity contribution in [3.63, 3.8) is 0 Å². The summed E-state index contributed by atoms with van der Waals surface area (Å²) in [4.78, 5) is 18.4. The molecule has 0 aliphatic rings. The van der Waals surface area contributed by atoms with Crippen LogP contribution in [0.15, 0.2) is 24.5 Å². The molecular formula is C13H14N4O3. The molecule has 1 aromatic heterocycles. The number of ether oxygens (including phenoxy) is 1. The molecule has 0 spiro atoms. The van der Waals surface area contributed by atoms with Gasteiger partial charge in [-0.15, -0.1) is 0 Å². The third-order valence-electron chi connectivity index (χ3n) is 2.81. The molecule has 7 nitrogen and oxygen atoms in total. The van der Waals surface area contributed by atoms with Crippen LogP contribution in [0, 0.1) is 17.0 Å². The van der Waals surface area contributed by atoms with Crippen LogP contribution in [-0.2, 0) is 6.42 Å². The quantitative estimate of drug-likeness (QED) is 0.678. The lowest BCUT2D eigenvalue weighted by molar-refractivity contribution is -0.385. The Morgan fingerprint density at radius 2 is 2.15 bits per heavy atom. The van der Waals surface area contributed by atoms with Crippen LogP contribution in [0.5, 0.6) is 11.6 Å². The minimum atomic E-state index is -0.488. The van der Waals surface area contributed by atoms with Crippen molar-refractivity contribution in [1.82, 2.24) is 9.97 Å². The number of aromatic nitrogens is 2. The van der Waals surface area contributed by atoms with E-state index in [0.29, 0.717) is 17.8 Å². The number of hydrogen-bond acceptors (Lipinski definition) is 6. The van der Waals surface area contributed by atoms with Gasteiger partial charge in [0.25, 0.3) is 0 Å². The number of anilines is 1. The number of aryl methyl sites for hydroxylation is 1. The van der Waals surface area contributed by atoms with Gasteiger partial charge in [-0.05, 0) is 25.0 Å². The number of nitrogens with two attached hydrogens (primary N) is 1. The second kappa shape index (κ2) is 5.52. The smallest absolute Gasteiger partial charge is 0.311 e. The summed E-state index contributed by atoms with van der Waals surface area (Å²) in [5.41, 5.74) is 7.04. The Labute approximate surface area is 115 Å². The normalized spacial score (nSPS) is 10.3. The van der Waals surface area contributed by atoms with Crippen LogP contribution in [0.3, 0.4) is 0 Å². The first-order valence-corrected chi connectivity index (χ1v) is 6.05. The van der Waals surface area contributed by atoms with Crippen LogP contribution in [0.25, 0.3) is 0 Å². The topological polar surface area (TPSA) is 104 Å². The molecule has 0 unspecified atom stereocenters. The Morgan fingerprint density at radius 1 is 1.40 bits per heavy atom. The average molecular weight is 274 g/mol. The molecule has 2 rings (SSSR count). The third-order valence-corrected chi connectivity index (χ3v) is 2.81. The first-order valence-electron chi connectivity index (χ1n) is 6.05. The molecule has 0 aliphatic heterocycles. The molecule has 0 atom stereocenters. The fourth-order valence-electron chi connectivity index (χ4n) is 1.79. The summed E-state index contributed by atoms with van der Waals surface area (Å²) < 4.78 is 5.56. The standard InChI is InChI=1S/C13H14N4O3/c1-3-9-12(14)15-7-16-13(9)20-11-5-4-8(2)6-10(11)17(18)19/h4-7H,3H2,1-2H3,(H2,14,15,16). The molecule has 20 heavy (non-hydrogen) atoms. The lowest BCUT2D eigenvalue weighted by atomic mass is 10.2. The number of rotatable bonds is 4. The zero-order chi connectivity index (χ0) is 14.7. The lowest BCUT2D eigenvalue weighted by Gasteiger charge is -2.10. The molecule has 1 heterocycles. The monoisotopic (exact) mass is 274 g/mol. The highest BCUT2D eigenvalue weighted by atomic mass is 16.6. The van der Waals surface area contributed by atoms with E-state index in [4.69, 9.17) is 10.5 Å². The predicted molar refractivity (Wildman–Crippen MR) is 73.7 cm³/mol. The first-order chi connectivity index (χ1) is 9.52. The minimum Gasteiger partial charge on any atom is -0.431 e. The molecule has 0 saturated heterocycles. The van der Waals surface area contributed by atoms with Crippen molar-refractivity contribution in [1.29, 1.82) is 0 Å². The number of nitro groups is 1. The number of nitrogen functional groups attached to an aromatic ring is 1. The Hall–Kier alpha value is -2.70. The van der Waals surface area contributed by atoms with E-state index in [2.05, 4.69) is 9.97 Å². The maximum atomic E-state index is 11.1. The maximum Gasteiger partial charge on any atom is 0.311 e. The van der Waals surface area contributed by atoms with Gasteiger partial charge in [0.15, 0.2) is 0 Å². The van der Waals surface area contributed by atoms with Crippen LogP contribution >= 0.6 is 0 Å². The van der Waals surface area contributed by atoms with Crippen LogP contribution < -0.4 is 10.5 Å². The van der Waals surface area contributed by atoms with Gasteiger partial charge in [-0.1, -0.05) is 13.0 Å². The van der Waals surface area contributed by atoms with Gasteiger partial charge in [-0.2, -0.15) is 0 Å². The van der Waals surface area contributed by atoms with Crippen molar-refractivity contribution >= 4 is 11.5 Å². The Bertz CT molecular complexity index is 658. The number of benzene rings is 1.